The first-order chi connectivity index (χ1) is 23.4. The minimum Gasteiger partial charge on any atom is -0.309 e. The maximum Gasteiger partial charge on any atom is 0.220 e. The van der Waals surface area contributed by atoms with E-state index < -0.39 is 0 Å². The molecule has 0 fully saturated rings. The molecule has 0 saturated carbocycles. The van der Waals surface area contributed by atoms with Crippen LogP contribution in [0.3, 0.4) is 0 Å². The van der Waals surface area contributed by atoms with Crippen LogP contribution in [0, 0.1) is 0 Å². The number of hydrogen-bond acceptors (Lipinski definition) is 1. The Labute approximate surface area is 268 Å². The fourth-order valence-corrected chi connectivity index (χ4v) is 8.11. The molecule has 11 aromatic rings. The molecule has 4 nitrogen and oxygen atoms in total. The molecule has 0 spiro atoms. The van der Waals surface area contributed by atoms with Crippen LogP contribution in [0.5, 0.6) is 0 Å². The number of nitrogens with zero attached hydrogens (tertiary/aromatic N) is 4. The number of rotatable bonds is 1. The zero-order valence-electron chi connectivity index (χ0n) is 25.3. The van der Waals surface area contributed by atoms with Crippen LogP contribution in [0.15, 0.2) is 158 Å². The third-order valence-corrected chi connectivity index (χ3v) is 9.98. The number of benzene rings is 7. The zero-order valence-corrected chi connectivity index (χ0v) is 25.3. The fourth-order valence-electron chi connectivity index (χ4n) is 8.11. The molecule has 0 saturated heterocycles. The van der Waals surface area contributed by atoms with E-state index in [2.05, 4.69) is 171 Å². The highest BCUT2D eigenvalue weighted by Gasteiger charge is 2.24. The molecule has 0 aliphatic rings. The topological polar surface area (TPSA) is 26.6 Å². The van der Waals surface area contributed by atoms with Crippen molar-refractivity contribution < 1.29 is 0 Å². The van der Waals surface area contributed by atoms with Crippen molar-refractivity contribution in [1.29, 1.82) is 0 Å². The van der Waals surface area contributed by atoms with Gasteiger partial charge in [0, 0.05) is 27.2 Å². The highest BCUT2D eigenvalue weighted by Crippen LogP contribution is 2.44. The Balaban J connectivity index is 1.62. The van der Waals surface area contributed by atoms with Crippen molar-refractivity contribution in [1.82, 2.24) is 18.4 Å². The number of aromatic nitrogens is 4. The van der Waals surface area contributed by atoms with Gasteiger partial charge in [0.05, 0.1) is 38.6 Å². The monoisotopic (exact) mass is 598 g/mol. The molecule has 0 atom stereocenters. The van der Waals surface area contributed by atoms with Gasteiger partial charge in [-0.15, -0.1) is 0 Å². The van der Waals surface area contributed by atoms with Gasteiger partial charge < -0.3 is 4.57 Å². The first kappa shape index (κ1) is 24.9. The van der Waals surface area contributed by atoms with Crippen molar-refractivity contribution in [3.63, 3.8) is 0 Å². The second kappa shape index (κ2) is 9.09. The lowest BCUT2D eigenvalue weighted by atomic mass is 10.00. The Morgan fingerprint density at radius 1 is 0.362 bits per heavy atom. The summed E-state index contributed by atoms with van der Waals surface area (Å²) in [6.45, 7) is 0. The molecule has 47 heavy (non-hydrogen) atoms. The standard InChI is InChI=1S/C43H26N4/c1-2-14-27(15-3-1)45-36-23-11-9-20-32(36)34-26-39-42-40(41(34)45)33-21-7-6-18-30(33)28-16-4-5-17-29(28)31-19-8-12-24-37(31)47(42)43-44-35-22-10-13-25-38(35)46(39)43/h1-26H. The van der Waals surface area contributed by atoms with Crippen LogP contribution in [0.2, 0.25) is 0 Å². The van der Waals surface area contributed by atoms with E-state index in [4.69, 9.17) is 4.98 Å². The van der Waals surface area contributed by atoms with E-state index in [0.29, 0.717) is 0 Å². The molecule has 4 heterocycles. The minimum atomic E-state index is 0.912. The van der Waals surface area contributed by atoms with Gasteiger partial charge in [-0.1, -0.05) is 115 Å². The van der Waals surface area contributed by atoms with Crippen LogP contribution < -0.4 is 0 Å². The predicted molar refractivity (Wildman–Crippen MR) is 197 cm³/mol. The van der Waals surface area contributed by atoms with Crippen LogP contribution in [-0.2, 0) is 0 Å². The third kappa shape index (κ3) is 3.19. The van der Waals surface area contributed by atoms with Gasteiger partial charge in [-0.05, 0) is 64.0 Å². The van der Waals surface area contributed by atoms with E-state index >= 15 is 0 Å². The number of imidazole rings is 2. The number of fused-ring (bicyclic) bond motifs is 16. The Morgan fingerprint density at radius 2 is 0.894 bits per heavy atom. The molecule has 0 aliphatic heterocycles. The van der Waals surface area contributed by atoms with Crippen LogP contribution in [0.4, 0.5) is 0 Å². The normalized spacial score (nSPS) is 12.3. The molecule has 0 N–H and O–H groups in total. The van der Waals surface area contributed by atoms with Gasteiger partial charge in [-0.25, -0.2) is 4.98 Å². The van der Waals surface area contributed by atoms with Crippen LogP contribution in [-0.4, -0.2) is 18.4 Å². The van der Waals surface area contributed by atoms with E-state index in [1.807, 2.05) is 0 Å². The van der Waals surface area contributed by atoms with Crippen molar-refractivity contribution in [3.8, 4) is 5.69 Å². The van der Waals surface area contributed by atoms with E-state index in [-0.39, 0.29) is 0 Å². The molecule has 11 rings (SSSR count). The summed E-state index contributed by atoms with van der Waals surface area (Å²) in [6.07, 6.45) is 0. The van der Waals surface area contributed by atoms with Crippen LogP contribution in [0.25, 0.3) is 93.2 Å². The fraction of sp³-hybridized carbons (Fsp3) is 0. The lowest BCUT2D eigenvalue weighted by Crippen LogP contribution is -1.95. The lowest BCUT2D eigenvalue weighted by molar-refractivity contribution is 1.19. The van der Waals surface area contributed by atoms with Gasteiger partial charge in [0.25, 0.3) is 0 Å². The van der Waals surface area contributed by atoms with E-state index in [0.717, 1.165) is 39.0 Å². The molecule has 0 unspecified atom stereocenters. The van der Waals surface area contributed by atoms with Crippen molar-refractivity contribution in [3.05, 3.63) is 158 Å². The predicted octanol–water partition coefficient (Wildman–Crippen LogP) is 11.0. The van der Waals surface area contributed by atoms with Gasteiger partial charge in [-0.3, -0.25) is 8.80 Å². The lowest BCUT2D eigenvalue weighted by Gasteiger charge is -2.11. The molecule has 218 valence electrons. The summed E-state index contributed by atoms with van der Waals surface area (Å²) in [5, 5.41) is 9.68. The van der Waals surface area contributed by atoms with Gasteiger partial charge in [-0.2, -0.15) is 0 Å². The van der Waals surface area contributed by atoms with Crippen LogP contribution >= 0.6 is 0 Å². The van der Waals surface area contributed by atoms with E-state index in [1.54, 1.807) is 0 Å². The molecule has 0 bridgehead atoms. The summed E-state index contributed by atoms with van der Waals surface area (Å²) in [5.41, 5.74) is 9.02. The SMILES string of the molecule is c1ccc(-n2c3ccccc3c3cc4c5c(c6ccccc6c6ccccc6c6ccccc6n5c5nc6ccccc6n45)c32)cc1. The third-order valence-electron chi connectivity index (χ3n) is 9.98. The maximum absolute atomic E-state index is 5.35. The molecule has 0 amide bonds. The molecular formula is C43H26N4. The largest absolute Gasteiger partial charge is 0.309 e. The average molecular weight is 599 g/mol. The zero-order chi connectivity index (χ0) is 30.6. The Hall–Kier alpha value is -6.39. The first-order valence-corrected chi connectivity index (χ1v) is 16.1. The Kier molecular flexibility index (Phi) is 4.81. The molecule has 0 aliphatic carbocycles. The van der Waals surface area contributed by atoms with Crippen molar-refractivity contribution in [2.75, 3.05) is 0 Å². The average Bonchev–Trinajstić information content (AvgIpc) is 3.78. The molecule has 7 aromatic carbocycles. The van der Waals surface area contributed by atoms with Crippen molar-refractivity contribution >= 4 is 87.5 Å². The van der Waals surface area contributed by atoms with Crippen molar-refractivity contribution in [2.24, 2.45) is 0 Å². The second-order valence-corrected chi connectivity index (χ2v) is 12.4. The van der Waals surface area contributed by atoms with Crippen molar-refractivity contribution in [2.45, 2.75) is 0 Å². The molecule has 0 radical (unpaired) electrons. The number of para-hydroxylation sites is 5. The maximum atomic E-state index is 5.35. The molecule has 4 heteroatoms. The summed E-state index contributed by atoms with van der Waals surface area (Å²) >= 11 is 0. The summed E-state index contributed by atoms with van der Waals surface area (Å²) in [5.74, 6) is 0.912. The van der Waals surface area contributed by atoms with Gasteiger partial charge in [0.15, 0.2) is 0 Å². The highest BCUT2D eigenvalue weighted by molar-refractivity contribution is 6.31. The quantitative estimate of drug-likeness (QED) is 0.185. The molecule has 4 aromatic heterocycles. The minimum absolute atomic E-state index is 0.912. The highest BCUT2D eigenvalue weighted by atomic mass is 15.2. The second-order valence-electron chi connectivity index (χ2n) is 12.4. The van der Waals surface area contributed by atoms with Gasteiger partial charge in [0.2, 0.25) is 5.78 Å². The summed E-state index contributed by atoms with van der Waals surface area (Å²) in [6, 6.07) is 57.1. The van der Waals surface area contributed by atoms with Crippen LogP contribution in [0.1, 0.15) is 0 Å². The van der Waals surface area contributed by atoms with Gasteiger partial charge >= 0.3 is 0 Å². The Morgan fingerprint density at radius 3 is 1.64 bits per heavy atom. The van der Waals surface area contributed by atoms with E-state index in [1.165, 1.54) is 54.1 Å². The summed E-state index contributed by atoms with van der Waals surface area (Å²) in [7, 11) is 0. The summed E-state index contributed by atoms with van der Waals surface area (Å²) < 4.78 is 7.25. The number of hydrogen-bond donors (Lipinski definition) is 0. The first-order valence-electron chi connectivity index (χ1n) is 16.1. The summed E-state index contributed by atoms with van der Waals surface area (Å²) in [4.78, 5) is 5.35. The molecular weight excluding hydrogens is 573 g/mol. The van der Waals surface area contributed by atoms with Gasteiger partial charge in [0.1, 0.15) is 0 Å². The van der Waals surface area contributed by atoms with E-state index in [9.17, 15) is 0 Å². The Bertz CT molecular complexity index is 3120. The smallest absolute Gasteiger partial charge is 0.220 e.